The van der Waals surface area contributed by atoms with Crippen LogP contribution in [0.4, 0.5) is 0 Å². The summed E-state index contributed by atoms with van der Waals surface area (Å²) in [6.45, 7) is 1.85. The van der Waals surface area contributed by atoms with Crippen molar-refractivity contribution in [3.63, 3.8) is 0 Å². The Kier molecular flexibility index (Phi) is 4.39. The molecule has 116 valence electrons. The average Bonchev–Trinajstić information content (AvgIpc) is 3.06. The molecule has 22 heavy (non-hydrogen) atoms. The number of ether oxygens (including phenoxy) is 1. The van der Waals surface area contributed by atoms with Crippen LogP contribution in [0.15, 0.2) is 36.5 Å². The van der Waals surface area contributed by atoms with Crippen LogP contribution in [0.1, 0.15) is 23.3 Å². The van der Waals surface area contributed by atoms with Gasteiger partial charge in [0.2, 0.25) is 0 Å². The number of nitrogens with one attached hydrogen (secondary N) is 2. The zero-order valence-electron chi connectivity index (χ0n) is 12.6. The van der Waals surface area contributed by atoms with Gasteiger partial charge in [-0.2, -0.15) is 5.10 Å². The molecule has 1 unspecified atom stereocenters. The fraction of sp³-hybridized carbons (Fsp3) is 0.375. The van der Waals surface area contributed by atoms with Gasteiger partial charge in [0.25, 0.3) is 5.91 Å². The molecule has 2 N–H and O–H groups in total. The number of hydrogen-bond donors (Lipinski definition) is 2. The molecule has 6 nitrogen and oxygen atoms in total. The second kappa shape index (κ2) is 6.62. The summed E-state index contributed by atoms with van der Waals surface area (Å²) in [5, 5.41) is 10.6. The third kappa shape index (κ3) is 3.28. The summed E-state index contributed by atoms with van der Waals surface area (Å²) >= 11 is 0. The fourth-order valence-electron chi connectivity index (χ4n) is 2.56. The van der Waals surface area contributed by atoms with E-state index in [2.05, 4.69) is 15.7 Å². The van der Waals surface area contributed by atoms with Crippen molar-refractivity contribution in [3.8, 4) is 11.4 Å². The minimum Gasteiger partial charge on any atom is -0.497 e. The zero-order chi connectivity index (χ0) is 15.4. The Morgan fingerprint density at radius 3 is 2.86 bits per heavy atom. The van der Waals surface area contributed by atoms with E-state index in [4.69, 9.17) is 4.74 Å². The molecule has 1 aliphatic heterocycles. The molecule has 0 spiro atoms. The molecule has 0 radical (unpaired) electrons. The summed E-state index contributed by atoms with van der Waals surface area (Å²) < 4.78 is 6.82. The maximum absolute atomic E-state index is 12.2. The number of amides is 1. The monoisotopic (exact) mass is 300 g/mol. The first-order valence-electron chi connectivity index (χ1n) is 7.48. The first-order valence-corrected chi connectivity index (χ1v) is 7.48. The molecule has 6 heteroatoms. The summed E-state index contributed by atoms with van der Waals surface area (Å²) in [5.41, 5.74) is 1.32. The molecular formula is C16H20N4O2. The van der Waals surface area contributed by atoms with E-state index >= 15 is 0 Å². The van der Waals surface area contributed by atoms with E-state index in [1.807, 2.05) is 24.3 Å². The van der Waals surface area contributed by atoms with Crippen molar-refractivity contribution in [2.75, 3.05) is 20.2 Å². The van der Waals surface area contributed by atoms with E-state index in [9.17, 15) is 4.79 Å². The molecule has 0 saturated carbocycles. The van der Waals surface area contributed by atoms with Crippen LogP contribution < -0.4 is 15.4 Å². The Bertz CT molecular complexity index is 630. The van der Waals surface area contributed by atoms with Crippen LogP contribution in [0.25, 0.3) is 5.69 Å². The second-order valence-electron chi connectivity index (χ2n) is 5.36. The lowest BCUT2D eigenvalue weighted by atomic mass is 10.1. The van der Waals surface area contributed by atoms with Gasteiger partial charge in [0.05, 0.1) is 12.8 Å². The van der Waals surface area contributed by atoms with Crippen molar-refractivity contribution in [3.05, 3.63) is 42.2 Å². The van der Waals surface area contributed by atoms with Gasteiger partial charge < -0.3 is 15.4 Å². The van der Waals surface area contributed by atoms with Gasteiger partial charge in [-0.3, -0.25) is 4.79 Å². The molecule has 0 bridgehead atoms. The second-order valence-corrected chi connectivity index (χ2v) is 5.36. The number of aromatic nitrogens is 2. The normalized spacial score (nSPS) is 18.0. The molecule has 1 atom stereocenters. The maximum Gasteiger partial charge on any atom is 0.272 e. The van der Waals surface area contributed by atoms with Gasteiger partial charge in [-0.1, -0.05) is 0 Å². The molecule has 0 aliphatic carbocycles. The van der Waals surface area contributed by atoms with Crippen LogP contribution in [0.2, 0.25) is 0 Å². The lowest BCUT2D eigenvalue weighted by Gasteiger charge is -2.23. The van der Waals surface area contributed by atoms with Crippen LogP contribution >= 0.6 is 0 Å². The van der Waals surface area contributed by atoms with E-state index < -0.39 is 0 Å². The van der Waals surface area contributed by atoms with Gasteiger partial charge in [-0.25, -0.2) is 4.68 Å². The first-order chi connectivity index (χ1) is 10.8. The Balaban J connectivity index is 1.68. The van der Waals surface area contributed by atoms with Crippen LogP contribution in [0.3, 0.4) is 0 Å². The summed E-state index contributed by atoms with van der Waals surface area (Å²) in [4.78, 5) is 12.2. The molecule has 2 heterocycles. The third-order valence-electron chi connectivity index (χ3n) is 3.79. The van der Waals surface area contributed by atoms with E-state index in [1.165, 1.54) is 0 Å². The van der Waals surface area contributed by atoms with Gasteiger partial charge in [-0.05, 0) is 49.7 Å². The summed E-state index contributed by atoms with van der Waals surface area (Å²) in [7, 11) is 1.63. The first kappa shape index (κ1) is 14.6. The number of benzene rings is 1. The number of methoxy groups -OCH3 is 1. The van der Waals surface area contributed by atoms with Gasteiger partial charge in [0, 0.05) is 18.8 Å². The highest BCUT2D eigenvalue weighted by Crippen LogP contribution is 2.14. The largest absolute Gasteiger partial charge is 0.497 e. The van der Waals surface area contributed by atoms with Gasteiger partial charge in [0.15, 0.2) is 5.69 Å². The molecule has 1 saturated heterocycles. The zero-order valence-corrected chi connectivity index (χ0v) is 12.6. The summed E-state index contributed by atoms with van der Waals surface area (Å²) in [5.74, 6) is 0.666. The fourth-order valence-corrected chi connectivity index (χ4v) is 2.56. The molecular weight excluding hydrogens is 280 g/mol. The smallest absolute Gasteiger partial charge is 0.272 e. The van der Waals surface area contributed by atoms with Gasteiger partial charge in [0.1, 0.15) is 5.75 Å². The van der Waals surface area contributed by atoms with Crippen molar-refractivity contribution in [1.29, 1.82) is 0 Å². The lowest BCUT2D eigenvalue weighted by Crippen LogP contribution is -2.45. The molecule has 1 aromatic carbocycles. The highest BCUT2D eigenvalue weighted by atomic mass is 16.5. The Morgan fingerprint density at radius 2 is 2.18 bits per heavy atom. The number of piperidine rings is 1. The topological polar surface area (TPSA) is 68.2 Å². The standard InChI is InChI=1S/C16H20N4O2/c1-22-14-6-4-13(5-7-14)20-10-8-15(19-20)16(21)18-12-3-2-9-17-11-12/h4-8,10,12,17H,2-3,9,11H2,1H3,(H,18,21). The molecule has 1 fully saturated rings. The Hall–Kier alpha value is -2.34. The minimum atomic E-state index is -0.124. The number of hydrogen-bond acceptors (Lipinski definition) is 4. The van der Waals surface area contributed by atoms with E-state index in [1.54, 1.807) is 24.1 Å². The Morgan fingerprint density at radius 1 is 1.36 bits per heavy atom. The maximum atomic E-state index is 12.2. The predicted molar refractivity (Wildman–Crippen MR) is 83.5 cm³/mol. The van der Waals surface area contributed by atoms with Crippen molar-refractivity contribution in [2.45, 2.75) is 18.9 Å². The summed E-state index contributed by atoms with van der Waals surface area (Å²) in [6.07, 6.45) is 3.89. The highest BCUT2D eigenvalue weighted by molar-refractivity contribution is 5.92. The van der Waals surface area contributed by atoms with Crippen molar-refractivity contribution in [2.24, 2.45) is 0 Å². The molecule has 1 aliphatic rings. The van der Waals surface area contributed by atoms with Gasteiger partial charge >= 0.3 is 0 Å². The number of carbonyl (C=O) groups excluding carboxylic acids is 1. The molecule has 2 aromatic rings. The minimum absolute atomic E-state index is 0.124. The van der Waals surface area contributed by atoms with Crippen LogP contribution in [0, 0.1) is 0 Å². The van der Waals surface area contributed by atoms with Crippen molar-refractivity contribution in [1.82, 2.24) is 20.4 Å². The number of carbonyl (C=O) groups is 1. The van der Waals surface area contributed by atoms with Crippen molar-refractivity contribution >= 4 is 5.91 Å². The predicted octanol–water partition coefficient (Wildman–Crippen LogP) is 1.36. The quantitative estimate of drug-likeness (QED) is 0.895. The number of rotatable bonds is 4. The highest BCUT2D eigenvalue weighted by Gasteiger charge is 2.17. The van der Waals surface area contributed by atoms with Gasteiger partial charge in [-0.15, -0.1) is 0 Å². The number of nitrogens with zero attached hydrogens (tertiary/aromatic N) is 2. The van der Waals surface area contributed by atoms with Crippen LogP contribution in [-0.2, 0) is 0 Å². The van der Waals surface area contributed by atoms with Crippen molar-refractivity contribution < 1.29 is 9.53 Å². The van der Waals surface area contributed by atoms with E-state index in [0.29, 0.717) is 5.69 Å². The molecule has 1 amide bonds. The van der Waals surface area contributed by atoms with Crippen LogP contribution in [-0.4, -0.2) is 41.9 Å². The Labute approximate surface area is 129 Å². The SMILES string of the molecule is COc1ccc(-n2ccc(C(=O)NC3CCCNC3)n2)cc1. The summed E-state index contributed by atoms with van der Waals surface area (Å²) in [6, 6.07) is 9.45. The third-order valence-corrected chi connectivity index (χ3v) is 3.79. The van der Waals surface area contributed by atoms with E-state index in [0.717, 1.165) is 37.4 Å². The van der Waals surface area contributed by atoms with Crippen LogP contribution in [0.5, 0.6) is 5.75 Å². The van der Waals surface area contributed by atoms with E-state index in [-0.39, 0.29) is 11.9 Å². The molecule has 3 rings (SSSR count). The average molecular weight is 300 g/mol. The molecule has 1 aromatic heterocycles. The lowest BCUT2D eigenvalue weighted by molar-refractivity contribution is 0.0925.